The van der Waals surface area contributed by atoms with Crippen LogP contribution in [0, 0.1) is 6.92 Å². The van der Waals surface area contributed by atoms with E-state index in [4.69, 9.17) is 0 Å². The molecule has 1 N–H and O–H groups in total. The highest BCUT2D eigenvalue weighted by molar-refractivity contribution is 7.13. The highest BCUT2D eigenvalue weighted by Crippen LogP contribution is 2.18. The highest BCUT2D eigenvalue weighted by atomic mass is 32.1. The van der Waals surface area contributed by atoms with Gasteiger partial charge in [0.1, 0.15) is 5.51 Å². The van der Waals surface area contributed by atoms with Gasteiger partial charge in [0, 0.05) is 31.9 Å². The molecule has 21 heavy (non-hydrogen) atoms. The van der Waals surface area contributed by atoms with Crippen LogP contribution in [0.3, 0.4) is 0 Å². The summed E-state index contributed by atoms with van der Waals surface area (Å²) in [6, 6.07) is 8.35. The molecule has 0 aliphatic carbocycles. The van der Waals surface area contributed by atoms with E-state index in [1.165, 1.54) is 22.6 Å². The number of carbonyl (C=O) groups is 1. The van der Waals surface area contributed by atoms with E-state index in [1.54, 1.807) is 5.51 Å². The zero-order valence-corrected chi connectivity index (χ0v) is 12.6. The van der Waals surface area contributed by atoms with Gasteiger partial charge in [-0.25, -0.2) is 4.79 Å². The summed E-state index contributed by atoms with van der Waals surface area (Å²) in [5.41, 5.74) is 4.08. The summed E-state index contributed by atoms with van der Waals surface area (Å²) in [4.78, 5) is 16.2. The Morgan fingerprint density at radius 2 is 2.10 bits per heavy atom. The molecule has 1 aromatic carbocycles. The largest absolute Gasteiger partial charge is 0.368 e. The van der Waals surface area contributed by atoms with Gasteiger partial charge < -0.3 is 9.80 Å². The van der Waals surface area contributed by atoms with Crippen molar-refractivity contribution in [2.24, 2.45) is 0 Å². The molecule has 1 fully saturated rings. The van der Waals surface area contributed by atoms with Crippen molar-refractivity contribution in [3.05, 3.63) is 35.3 Å². The van der Waals surface area contributed by atoms with Crippen LogP contribution in [0.25, 0.3) is 0 Å². The number of nitrogens with one attached hydrogen (secondary N) is 1. The molecule has 1 aliphatic rings. The summed E-state index contributed by atoms with van der Waals surface area (Å²) in [5.74, 6) is 0. The summed E-state index contributed by atoms with van der Waals surface area (Å²) < 4.78 is 0. The summed E-state index contributed by atoms with van der Waals surface area (Å²) in [7, 11) is 0. The zero-order valence-electron chi connectivity index (χ0n) is 11.8. The molecule has 2 heterocycles. The first-order valence-electron chi connectivity index (χ1n) is 6.86. The van der Waals surface area contributed by atoms with E-state index in [2.05, 4.69) is 51.6 Å². The standard InChI is InChI=1S/C14H17N5OS/c1-11-3-2-4-12(9-11)18-5-7-19(8-6-18)14(20)16-13-17-15-10-21-13/h2-4,9-10H,5-8H2,1H3,(H,16,17,20). The third-order valence-electron chi connectivity index (χ3n) is 3.51. The van der Waals surface area contributed by atoms with E-state index >= 15 is 0 Å². The number of aryl methyl sites for hydroxylation is 1. The van der Waals surface area contributed by atoms with Gasteiger partial charge in [-0.2, -0.15) is 0 Å². The normalized spacial score (nSPS) is 15.1. The summed E-state index contributed by atoms with van der Waals surface area (Å²) in [6.45, 7) is 5.19. The third-order valence-corrected chi connectivity index (χ3v) is 4.11. The van der Waals surface area contributed by atoms with Gasteiger partial charge in [-0.05, 0) is 24.6 Å². The van der Waals surface area contributed by atoms with Crippen LogP contribution in [0.15, 0.2) is 29.8 Å². The van der Waals surface area contributed by atoms with Crippen molar-refractivity contribution < 1.29 is 4.79 Å². The van der Waals surface area contributed by atoms with Gasteiger partial charge in [0.05, 0.1) is 0 Å². The lowest BCUT2D eigenvalue weighted by atomic mass is 10.2. The molecule has 0 spiro atoms. The van der Waals surface area contributed by atoms with Crippen LogP contribution in [0.1, 0.15) is 5.56 Å². The molecule has 0 atom stereocenters. The Balaban J connectivity index is 1.56. The Morgan fingerprint density at radius 1 is 1.29 bits per heavy atom. The second kappa shape index (κ2) is 6.09. The van der Waals surface area contributed by atoms with Crippen LogP contribution < -0.4 is 10.2 Å². The molecule has 0 bridgehead atoms. The molecule has 1 saturated heterocycles. The lowest BCUT2D eigenvalue weighted by Crippen LogP contribution is -2.50. The van der Waals surface area contributed by atoms with Gasteiger partial charge in [-0.3, -0.25) is 5.32 Å². The number of anilines is 2. The minimum absolute atomic E-state index is 0.101. The first-order valence-corrected chi connectivity index (χ1v) is 7.74. The summed E-state index contributed by atoms with van der Waals surface area (Å²) >= 11 is 1.32. The zero-order chi connectivity index (χ0) is 14.7. The van der Waals surface area contributed by atoms with E-state index in [0.29, 0.717) is 18.2 Å². The number of amides is 2. The fraction of sp³-hybridized carbons (Fsp3) is 0.357. The predicted molar refractivity (Wildman–Crippen MR) is 83.9 cm³/mol. The quantitative estimate of drug-likeness (QED) is 0.924. The van der Waals surface area contributed by atoms with Crippen molar-refractivity contribution in [2.75, 3.05) is 36.4 Å². The molecule has 3 rings (SSSR count). The number of benzene rings is 1. The van der Waals surface area contributed by atoms with Gasteiger partial charge in [-0.15, -0.1) is 10.2 Å². The molecule has 2 amide bonds. The topological polar surface area (TPSA) is 61.4 Å². The number of hydrogen-bond acceptors (Lipinski definition) is 5. The van der Waals surface area contributed by atoms with Crippen LogP contribution >= 0.6 is 11.3 Å². The molecule has 7 heteroatoms. The lowest BCUT2D eigenvalue weighted by Gasteiger charge is -2.36. The Bertz CT molecular complexity index is 608. The van der Waals surface area contributed by atoms with E-state index in [-0.39, 0.29) is 6.03 Å². The average molecular weight is 303 g/mol. The Labute approximate surface area is 127 Å². The molecular weight excluding hydrogens is 286 g/mol. The monoisotopic (exact) mass is 303 g/mol. The molecule has 1 aliphatic heterocycles. The van der Waals surface area contributed by atoms with Crippen LogP contribution in [0.2, 0.25) is 0 Å². The fourth-order valence-electron chi connectivity index (χ4n) is 2.39. The average Bonchev–Trinajstić information content (AvgIpc) is 3.00. The molecule has 0 radical (unpaired) electrons. The predicted octanol–water partition coefficient (Wildman–Crippen LogP) is 2.20. The van der Waals surface area contributed by atoms with Gasteiger partial charge in [-0.1, -0.05) is 23.5 Å². The molecule has 1 aromatic heterocycles. The number of nitrogens with zero attached hydrogens (tertiary/aromatic N) is 4. The van der Waals surface area contributed by atoms with Crippen molar-refractivity contribution in [3.63, 3.8) is 0 Å². The second-order valence-corrected chi connectivity index (χ2v) is 5.82. The third kappa shape index (κ3) is 3.30. The van der Waals surface area contributed by atoms with Crippen molar-refractivity contribution in [3.8, 4) is 0 Å². The maximum absolute atomic E-state index is 12.1. The molecule has 6 nitrogen and oxygen atoms in total. The molecule has 2 aromatic rings. The summed E-state index contributed by atoms with van der Waals surface area (Å²) in [6.07, 6.45) is 0. The summed E-state index contributed by atoms with van der Waals surface area (Å²) in [5, 5.41) is 10.8. The first-order chi connectivity index (χ1) is 10.2. The van der Waals surface area contributed by atoms with Gasteiger partial charge in [0.25, 0.3) is 0 Å². The Hall–Kier alpha value is -2.15. The molecular formula is C14H17N5OS. The maximum atomic E-state index is 12.1. The fourth-order valence-corrected chi connectivity index (χ4v) is 2.83. The van der Waals surface area contributed by atoms with Crippen LogP contribution in [0.5, 0.6) is 0 Å². The maximum Gasteiger partial charge on any atom is 0.323 e. The van der Waals surface area contributed by atoms with Gasteiger partial charge in [0.15, 0.2) is 0 Å². The van der Waals surface area contributed by atoms with E-state index in [0.717, 1.165) is 13.1 Å². The van der Waals surface area contributed by atoms with Crippen molar-refractivity contribution in [1.29, 1.82) is 0 Å². The number of urea groups is 1. The second-order valence-electron chi connectivity index (χ2n) is 4.99. The number of carbonyl (C=O) groups excluding carboxylic acids is 1. The number of rotatable bonds is 2. The van der Waals surface area contributed by atoms with Crippen LogP contribution in [-0.2, 0) is 0 Å². The van der Waals surface area contributed by atoms with E-state index < -0.39 is 0 Å². The highest BCUT2D eigenvalue weighted by Gasteiger charge is 2.21. The van der Waals surface area contributed by atoms with Crippen molar-refractivity contribution in [2.45, 2.75) is 6.92 Å². The van der Waals surface area contributed by atoms with Gasteiger partial charge >= 0.3 is 6.03 Å². The molecule has 110 valence electrons. The van der Waals surface area contributed by atoms with Crippen molar-refractivity contribution >= 4 is 28.2 Å². The van der Waals surface area contributed by atoms with Crippen LogP contribution in [-0.4, -0.2) is 47.3 Å². The number of hydrogen-bond donors (Lipinski definition) is 1. The molecule has 0 unspecified atom stereocenters. The lowest BCUT2D eigenvalue weighted by molar-refractivity contribution is 0.208. The van der Waals surface area contributed by atoms with Crippen LogP contribution in [0.4, 0.5) is 15.6 Å². The van der Waals surface area contributed by atoms with Gasteiger partial charge in [0.2, 0.25) is 5.13 Å². The Morgan fingerprint density at radius 3 is 2.76 bits per heavy atom. The SMILES string of the molecule is Cc1cccc(N2CCN(C(=O)Nc3nncs3)CC2)c1. The van der Waals surface area contributed by atoms with Crippen molar-refractivity contribution in [1.82, 2.24) is 15.1 Å². The minimum atomic E-state index is -0.101. The Kier molecular flexibility index (Phi) is 4.01. The molecule has 0 saturated carbocycles. The van der Waals surface area contributed by atoms with E-state index in [1.807, 2.05) is 4.90 Å². The first kappa shape index (κ1) is 13.8. The smallest absolute Gasteiger partial charge is 0.323 e. The number of aromatic nitrogens is 2. The van der Waals surface area contributed by atoms with E-state index in [9.17, 15) is 4.79 Å². The minimum Gasteiger partial charge on any atom is -0.368 e. The number of piperazine rings is 1.